The van der Waals surface area contributed by atoms with Gasteiger partial charge in [-0.25, -0.2) is 4.79 Å². The third-order valence-corrected chi connectivity index (χ3v) is 1.76. The van der Waals surface area contributed by atoms with E-state index in [1.54, 1.807) is 25.3 Å². The predicted octanol–water partition coefficient (Wildman–Crippen LogP) is 2.23. The van der Waals surface area contributed by atoms with E-state index in [0.29, 0.717) is 12.2 Å². The van der Waals surface area contributed by atoms with Crippen molar-refractivity contribution in [3.8, 4) is 0 Å². The van der Waals surface area contributed by atoms with Crippen LogP contribution in [0.4, 0.5) is 4.39 Å². The van der Waals surface area contributed by atoms with Crippen LogP contribution in [0.1, 0.15) is 11.1 Å². The molecule has 4 heteroatoms. The third kappa shape index (κ3) is 3.52. The maximum Gasteiger partial charge on any atom is 0.364 e. The number of hydrogen-bond acceptors (Lipinski definition) is 2. The maximum atomic E-state index is 12.8. The Labute approximate surface area is 86.8 Å². The Kier molecular flexibility index (Phi) is 4.00. The van der Waals surface area contributed by atoms with Gasteiger partial charge in [0.25, 0.3) is 0 Å². The number of carbonyl (C=O) groups is 1. The summed E-state index contributed by atoms with van der Waals surface area (Å²) in [6.07, 6.45) is 0.974. The minimum atomic E-state index is -1.56. The number of benzene rings is 1. The zero-order valence-corrected chi connectivity index (χ0v) is 8.24. The summed E-state index contributed by atoms with van der Waals surface area (Å²) in [7, 11) is 1.56. The summed E-state index contributed by atoms with van der Waals surface area (Å²) in [5, 5.41) is 8.35. The summed E-state index contributed by atoms with van der Waals surface area (Å²) in [5.74, 6) is -2.74. The molecule has 1 N–H and O–H groups in total. The zero-order valence-electron chi connectivity index (χ0n) is 8.24. The molecule has 0 aliphatic heterocycles. The van der Waals surface area contributed by atoms with Gasteiger partial charge in [0.1, 0.15) is 0 Å². The molecule has 0 radical (unpaired) electrons. The quantitative estimate of drug-likeness (QED) is 0.775. The van der Waals surface area contributed by atoms with Gasteiger partial charge in [-0.15, -0.1) is 0 Å². The van der Waals surface area contributed by atoms with E-state index >= 15 is 0 Å². The largest absolute Gasteiger partial charge is 0.476 e. The van der Waals surface area contributed by atoms with Crippen molar-refractivity contribution in [1.29, 1.82) is 0 Å². The van der Waals surface area contributed by atoms with Crippen LogP contribution in [-0.2, 0) is 16.1 Å². The fraction of sp³-hybridized carbons (Fsp3) is 0.182. The van der Waals surface area contributed by atoms with E-state index in [9.17, 15) is 9.18 Å². The fourth-order valence-corrected chi connectivity index (χ4v) is 1.15. The molecule has 1 rings (SSSR count). The summed E-state index contributed by atoms with van der Waals surface area (Å²) in [4.78, 5) is 10.2. The van der Waals surface area contributed by atoms with Gasteiger partial charge in [-0.3, -0.25) is 0 Å². The number of hydrogen-bond donors (Lipinski definition) is 1. The van der Waals surface area contributed by atoms with E-state index in [-0.39, 0.29) is 0 Å². The molecule has 0 saturated carbocycles. The topological polar surface area (TPSA) is 46.5 Å². The van der Waals surface area contributed by atoms with E-state index in [4.69, 9.17) is 9.84 Å². The lowest BCUT2D eigenvalue weighted by Gasteiger charge is -2.00. The van der Waals surface area contributed by atoms with Crippen LogP contribution >= 0.6 is 0 Å². The van der Waals surface area contributed by atoms with Crippen LogP contribution in [-0.4, -0.2) is 18.2 Å². The molecular formula is C11H11FO3. The Hall–Kier alpha value is -1.68. The van der Waals surface area contributed by atoms with E-state index in [2.05, 4.69) is 0 Å². The highest BCUT2D eigenvalue weighted by molar-refractivity contribution is 5.89. The number of ether oxygens (including phenoxy) is 1. The Morgan fingerprint density at radius 3 is 2.93 bits per heavy atom. The summed E-state index contributed by atoms with van der Waals surface area (Å²) in [5.41, 5.74) is 1.37. The number of carboxylic acids is 1. The van der Waals surface area contributed by atoms with Gasteiger partial charge in [0.15, 0.2) is 0 Å². The van der Waals surface area contributed by atoms with Gasteiger partial charge in [0, 0.05) is 7.11 Å². The van der Waals surface area contributed by atoms with E-state index in [0.717, 1.165) is 11.6 Å². The third-order valence-electron chi connectivity index (χ3n) is 1.76. The molecule has 80 valence electrons. The van der Waals surface area contributed by atoms with Gasteiger partial charge >= 0.3 is 5.97 Å². The summed E-state index contributed by atoms with van der Waals surface area (Å²) in [6, 6.07) is 6.84. The first-order valence-electron chi connectivity index (χ1n) is 4.32. The predicted molar refractivity (Wildman–Crippen MR) is 53.9 cm³/mol. The van der Waals surface area contributed by atoms with Crippen molar-refractivity contribution in [2.24, 2.45) is 0 Å². The average Bonchev–Trinajstić information content (AvgIpc) is 2.18. The second kappa shape index (κ2) is 5.26. The lowest BCUT2D eigenvalue weighted by molar-refractivity contribution is -0.134. The van der Waals surface area contributed by atoms with Gasteiger partial charge in [-0.05, 0) is 23.3 Å². The first-order chi connectivity index (χ1) is 7.13. The highest BCUT2D eigenvalue weighted by Crippen LogP contribution is 2.11. The molecule has 3 nitrogen and oxygen atoms in total. The summed E-state index contributed by atoms with van der Waals surface area (Å²) in [6.45, 7) is 0.413. The highest BCUT2D eigenvalue weighted by Gasteiger charge is 2.04. The lowest BCUT2D eigenvalue weighted by atomic mass is 10.1. The van der Waals surface area contributed by atoms with Crippen molar-refractivity contribution >= 4 is 12.0 Å². The summed E-state index contributed by atoms with van der Waals surface area (Å²) >= 11 is 0. The minimum absolute atomic E-state index is 0.413. The van der Waals surface area contributed by atoms with Crippen LogP contribution in [0.3, 0.4) is 0 Å². The van der Waals surface area contributed by atoms with Gasteiger partial charge in [0.2, 0.25) is 5.83 Å². The molecule has 0 spiro atoms. The second-order valence-electron chi connectivity index (χ2n) is 2.98. The van der Waals surface area contributed by atoms with Crippen LogP contribution in [0.2, 0.25) is 0 Å². The van der Waals surface area contributed by atoms with Gasteiger partial charge < -0.3 is 9.84 Å². The van der Waals surface area contributed by atoms with Gasteiger partial charge in [-0.1, -0.05) is 18.2 Å². The SMILES string of the molecule is COCc1cccc(C=C(F)C(=O)O)c1. The van der Waals surface area contributed by atoms with Crippen LogP contribution in [0.5, 0.6) is 0 Å². The monoisotopic (exact) mass is 210 g/mol. The molecule has 0 aliphatic rings. The van der Waals surface area contributed by atoms with Crippen LogP contribution in [0.25, 0.3) is 6.08 Å². The zero-order chi connectivity index (χ0) is 11.3. The Morgan fingerprint density at radius 2 is 2.33 bits per heavy atom. The van der Waals surface area contributed by atoms with E-state index < -0.39 is 11.8 Å². The molecule has 0 amide bonds. The molecule has 0 fully saturated rings. The summed E-state index contributed by atoms with van der Waals surface area (Å²) < 4.78 is 17.7. The molecule has 15 heavy (non-hydrogen) atoms. The molecule has 0 bridgehead atoms. The molecule has 0 unspecified atom stereocenters. The van der Waals surface area contributed by atoms with Crippen molar-refractivity contribution < 1.29 is 19.0 Å². The Morgan fingerprint density at radius 1 is 1.60 bits per heavy atom. The van der Waals surface area contributed by atoms with Gasteiger partial charge in [-0.2, -0.15) is 4.39 Å². The number of aliphatic carboxylic acids is 1. The highest BCUT2D eigenvalue weighted by atomic mass is 19.1. The van der Waals surface area contributed by atoms with Crippen molar-refractivity contribution in [3.05, 3.63) is 41.2 Å². The van der Waals surface area contributed by atoms with E-state index in [1.807, 2.05) is 6.07 Å². The number of methoxy groups -OCH3 is 1. The molecule has 1 aromatic carbocycles. The average molecular weight is 210 g/mol. The number of halogens is 1. The van der Waals surface area contributed by atoms with Crippen LogP contribution < -0.4 is 0 Å². The van der Waals surface area contributed by atoms with Crippen LogP contribution in [0, 0.1) is 0 Å². The normalized spacial score (nSPS) is 11.5. The number of carboxylic acid groups (broad SMARTS) is 1. The van der Waals surface area contributed by atoms with Crippen LogP contribution in [0.15, 0.2) is 30.1 Å². The minimum Gasteiger partial charge on any atom is -0.476 e. The lowest BCUT2D eigenvalue weighted by Crippen LogP contribution is -1.94. The molecular weight excluding hydrogens is 199 g/mol. The maximum absolute atomic E-state index is 12.8. The van der Waals surface area contributed by atoms with Crippen molar-refractivity contribution in [2.75, 3.05) is 7.11 Å². The molecule has 0 aliphatic carbocycles. The van der Waals surface area contributed by atoms with E-state index in [1.165, 1.54) is 0 Å². The molecule has 1 aromatic rings. The molecule has 0 aromatic heterocycles. The molecule has 0 atom stereocenters. The molecule has 0 saturated heterocycles. The Balaban J connectivity index is 2.91. The first-order valence-corrected chi connectivity index (χ1v) is 4.32. The van der Waals surface area contributed by atoms with Gasteiger partial charge in [0.05, 0.1) is 6.61 Å². The first kappa shape index (κ1) is 11.4. The van der Waals surface area contributed by atoms with Crippen molar-refractivity contribution in [2.45, 2.75) is 6.61 Å². The standard InChI is InChI=1S/C11H11FO3/c1-15-7-9-4-2-3-8(5-9)6-10(12)11(13)14/h2-6H,7H2,1H3,(H,13,14). The second-order valence-corrected chi connectivity index (χ2v) is 2.98. The smallest absolute Gasteiger partial charge is 0.364 e. The van der Waals surface area contributed by atoms with Crippen molar-refractivity contribution in [3.63, 3.8) is 0 Å². The number of rotatable bonds is 4. The van der Waals surface area contributed by atoms with Crippen molar-refractivity contribution in [1.82, 2.24) is 0 Å². The molecule has 0 heterocycles. The Bertz CT molecular complexity index is 385. The fourth-order valence-electron chi connectivity index (χ4n) is 1.15.